The Bertz CT molecular complexity index is 476. The van der Waals surface area contributed by atoms with Gasteiger partial charge in [0.05, 0.1) is 0 Å². The van der Waals surface area contributed by atoms with Crippen LogP contribution < -0.4 is 0 Å². The molecule has 0 unspecified atom stereocenters. The molecule has 0 N–H and O–H groups in total. The van der Waals surface area contributed by atoms with Gasteiger partial charge in [0.15, 0.2) is 0 Å². The Morgan fingerprint density at radius 1 is 1.28 bits per heavy atom. The van der Waals surface area contributed by atoms with E-state index in [2.05, 4.69) is 4.10 Å². The lowest BCUT2D eigenvalue weighted by Crippen LogP contribution is -2.49. The van der Waals surface area contributed by atoms with E-state index in [1.54, 1.807) is 32.9 Å². The average molecular weight is 284 g/mol. The van der Waals surface area contributed by atoms with Crippen molar-refractivity contribution in [3.8, 4) is 0 Å². The van der Waals surface area contributed by atoms with E-state index in [1.807, 2.05) is 0 Å². The molecule has 0 amide bonds. The Balaban J connectivity index is 2.99. The van der Waals surface area contributed by atoms with Crippen molar-refractivity contribution in [1.29, 1.82) is 0 Å². The van der Waals surface area contributed by atoms with Gasteiger partial charge in [-0.15, -0.1) is 0 Å². The van der Waals surface area contributed by atoms with Crippen LogP contribution in [-0.2, 0) is 14.2 Å². The van der Waals surface area contributed by atoms with Crippen LogP contribution in [0.15, 0.2) is 12.2 Å². The van der Waals surface area contributed by atoms with Crippen molar-refractivity contribution in [1.82, 2.24) is 0 Å². The molecule has 1 aliphatic heterocycles. The number of alkyl halides is 3. The molecule has 0 fully saturated rings. The zero-order chi connectivity index (χ0) is 14.2. The van der Waals surface area contributed by atoms with E-state index in [4.69, 9.17) is 0 Å². The monoisotopic (exact) mass is 284 g/mol. The predicted octanol–water partition coefficient (Wildman–Crippen LogP) is 1.79. The highest BCUT2D eigenvalue weighted by Crippen LogP contribution is 2.27. The van der Waals surface area contributed by atoms with Crippen LogP contribution in [-0.4, -0.2) is 37.2 Å². The van der Waals surface area contributed by atoms with Gasteiger partial charge in [-0.2, -0.15) is 21.6 Å². The summed E-state index contributed by atoms with van der Waals surface area (Å²) < 4.78 is 64.4. The summed E-state index contributed by atoms with van der Waals surface area (Å²) >= 11 is 0. The molecule has 9 heteroatoms. The van der Waals surface area contributed by atoms with Crippen molar-refractivity contribution in [2.24, 2.45) is 0 Å². The fourth-order valence-electron chi connectivity index (χ4n) is 1.50. The Morgan fingerprint density at radius 2 is 1.83 bits per heavy atom. The Hall–Kier alpha value is -0.825. The fourth-order valence-corrected chi connectivity index (χ4v) is 2.07. The zero-order valence-electron chi connectivity index (χ0n) is 10.2. The molecule has 4 nitrogen and oxygen atoms in total. The molecule has 0 aromatic rings. The first-order chi connectivity index (χ1) is 7.95. The molecule has 0 saturated heterocycles. The molecule has 0 aromatic heterocycles. The zero-order valence-corrected chi connectivity index (χ0v) is 11.0. The van der Waals surface area contributed by atoms with Crippen LogP contribution in [0.5, 0.6) is 0 Å². The van der Waals surface area contributed by atoms with Gasteiger partial charge >= 0.3 is 22.7 Å². The van der Waals surface area contributed by atoms with Gasteiger partial charge in [0.1, 0.15) is 11.8 Å². The second kappa shape index (κ2) is 4.69. The third-order valence-electron chi connectivity index (χ3n) is 2.33. The van der Waals surface area contributed by atoms with Crippen molar-refractivity contribution in [2.75, 3.05) is 0 Å². The molecule has 0 atom stereocenters. The van der Waals surface area contributed by atoms with E-state index in [9.17, 15) is 21.6 Å². The first kappa shape index (κ1) is 15.2. The number of nitrogens with zero attached hydrogens (tertiary/aromatic N) is 1. The number of hydrogen-bond acceptors (Lipinski definition) is 3. The second-order valence-corrected chi connectivity index (χ2v) is 6.41. The third kappa shape index (κ3) is 3.35. The third-order valence-corrected chi connectivity index (χ3v) is 3.37. The lowest BCUT2D eigenvalue weighted by atomic mass is 9.73. The van der Waals surface area contributed by atoms with Crippen LogP contribution in [0.4, 0.5) is 13.2 Å². The minimum Gasteiger partial charge on any atom is -0.288 e. The lowest BCUT2D eigenvalue weighted by Gasteiger charge is -2.23. The molecule has 1 heterocycles. The Labute approximate surface area is 104 Å². The molecule has 0 aliphatic carbocycles. The minimum absolute atomic E-state index is 0.0725. The van der Waals surface area contributed by atoms with E-state index in [0.717, 1.165) is 0 Å². The maximum absolute atomic E-state index is 12.3. The maximum Gasteiger partial charge on any atom is 0.673 e. The summed E-state index contributed by atoms with van der Waals surface area (Å²) in [6.07, 6.45) is 4.78. The summed E-state index contributed by atoms with van der Waals surface area (Å²) in [6, 6.07) is 0. The standard InChI is InChI=1S/C9H14BF3NO3S/c1-8(2,3)14-7-5-4-6-10(14)17-18(15,16)9(11,12)13/h4-5,7H,6H2,1-3H3/q+1. The molecule has 0 saturated carbocycles. The van der Waals surface area contributed by atoms with Gasteiger partial charge in [-0.3, -0.25) is 8.59 Å². The molecule has 18 heavy (non-hydrogen) atoms. The fraction of sp³-hybridized carbons (Fsp3) is 0.667. The SMILES string of the molecule is CC(C)(C)[N+]1=CC=CCB1OS(=O)(=O)C(F)(F)F. The van der Waals surface area contributed by atoms with E-state index < -0.39 is 28.2 Å². The first-order valence-corrected chi connectivity index (χ1v) is 6.64. The average Bonchev–Trinajstić information content (AvgIpc) is 2.14. The van der Waals surface area contributed by atoms with Gasteiger partial charge in [-0.1, -0.05) is 6.08 Å². The Kier molecular flexibility index (Phi) is 3.97. The molecule has 102 valence electrons. The number of halogens is 3. The smallest absolute Gasteiger partial charge is 0.288 e. The van der Waals surface area contributed by atoms with Gasteiger partial charge in [-0.25, -0.2) is 0 Å². The molecule has 1 aliphatic rings. The molecule has 0 bridgehead atoms. The van der Waals surface area contributed by atoms with Gasteiger partial charge < -0.3 is 0 Å². The number of hydrogen-bond donors (Lipinski definition) is 0. The Morgan fingerprint density at radius 3 is 2.28 bits per heavy atom. The molecule has 0 radical (unpaired) electrons. The normalized spacial score (nSPS) is 17.9. The van der Waals surface area contributed by atoms with Crippen molar-refractivity contribution in [3.63, 3.8) is 0 Å². The second-order valence-electron chi connectivity index (χ2n) is 4.84. The summed E-state index contributed by atoms with van der Waals surface area (Å²) in [5.74, 6) is 0. The topological polar surface area (TPSA) is 46.4 Å². The van der Waals surface area contributed by atoms with E-state index >= 15 is 0 Å². The van der Waals surface area contributed by atoms with Crippen LogP contribution in [0, 0.1) is 0 Å². The summed E-state index contributed by atoms with van der Waals surface area (Å²) in [4.78, 5) is 0. The van der Waals surface area contributed by atoms with E-state index in [0.29, 0.717) is 0 Å². The molecular weight excluding hydrogens is 270 g/mol. The highest BCUT2D eigenvalue weighted by molar-refractivity contribution is 7.88. The highest BCUT2D eigenvalue weighted by Gasteiger charge is 2.54. The highest BCUT2D eigenvalue weighted by atomic mass is 32.2. The molecular formula is C9H14BF3NO3S+. The van der Waals surface area contributed by atoms with Crippen LogP contribution in [0.1, 0.15) is 20.8 Å². The first-order valence-electron chi connectivity index (χ1n) is 5.23. The largest absolute Gasteiger partial charge is 0.673 e. The summed E-state index contributed by atoms with van der Waals surface area (Å²) in [5, 5.41) is 0. The van der Waals surface area contributed by atoms with Crippen LogP contribution >= 0.6 is 0 Å². The summed E-state index contributed by atoms with van der Waals surface area (Å²) in [6.45, 7) is 5.25. The van der Waals surface area contributed by atoms with Crippen LogP contribution in [0.2, 0.25) is 6.32 Å². The van der Waals surface area contributed by atoms with Crippen molar-refractivity contribution in [2.45, 2.75) is 38.1 Å². The number of allylic oxidation sites excluding steroid dienone is 2. The molecule has 0 aromatic carbocycles. The quantitative estimate of drug-likeness (QED) is 0.573. The van der Waals surface area contributed by atoms with Crippen LogP contribution in [0.25, 0.3) is 0 Å². The van der Waals surface area contributed by atoms with E-state index in [1.165, 1.54) is 10.7 Å². The van der Waals surface area contributed by atoms with Gasteiger partial charge in [0.2, 0.25) is 0 Å². The predicted molar refractivity (Wildman–Crippen MR) is 61.8 cm³/mol. The van der Waals surface area contributed by atoms with Crippen molar-refractivity contribution in [3.05, 3.63) is 12.2 Å². The summed E-state index contributed by atoms with van der Waals surface area (Å²) in [5.41, 5.74) is -5.95. The van der Waals surface area contributed by atoms with Gasteiger partial charge in [-0.05, 0) is 26.8 Å². The molecule has 0 spiro atoms. The minimum atomic E-state index is -5.59. The maximum atomic E-state index is 12.3. The van der Waals surface area contributed by atoms with Gasteiger partial charge in [0.25, 0.3) is 0 Å². The number of rotatable bonds is 2. The summed E-state index contributed by atoms with van der Waals surface area (Å²) in [7, 11) is -6.77. The van der Waals surface area contributed by atoms with Crippen LogP contribution in [0.3, 0.4) is 0 Å². The van der Waals surface area contributed by atoms with E-state index in [-0.39, 0.29) is 6.32 Å². The van der Waals surface area contributed by atoms with Crippen molar-refractivity contribution < 1.29 is 30.2 Å². The molecule has 1 rings (SSSR count). The van der Waals surface area contributed by atoms with Crippen molar-refractivity contribution >= 4 is 23.4 Å². The lowest BCUT2D eigenvalue weighted by molar-refractivity contribution is -0.481. The van der Waals surface area contributed by atoms with Gasteiger partial charge in [0, 0.05) is 6.32 Å².